The molecule has 64 valence electrons. The molecule has 3 N–H and O–H groups in total. The number of nitrogen functional groups attached to an aromatic ring is 1. The summed E-state index contributed by atoms with van der Waals surface area (Å²) >= 11 is 0. The predicted octanol–water partition coefficient (Wildman–Crippen LogP) is 0.764. The van der Waals surface area contributed by atoms with Crippen LogP contribution in [0.15, 0.2) is 18.2 Å². The summed E-state index contributed by atoms with van der Waals surface area (Å²) in [7, 11) is 0. The lowest BCUT2D eigenvalue weighted by atomic mass is 10.3. The second-order valence-electron chi connectivity index (χ2n) is 2.21. The quantitative estimate of drug-likeness (QED) is 0.513. The topological polar surface area (TPSA) is 72.0 Å². The SMILES string of the molecule is CCOc1cccc(C(=N)N)n1. The molecular formula is C8H11N3O. The van der Waals surface area contributed by atoms with E-state index >= 15 is 0 Å². The van der Waals surface area contributed by atoms with Crippen molar-refractivity contribution in [3.8, 4) is 5.88 Å². The van der Waals surface area contributed by atoms with Gasteiger partial charge in [0.1, 0.15) is 11.5 Å². The number of hydrogen-bond donors (Lipinski definition) is 2. The van der Waals surface area contributed by atoms with Gasteiger partial charge in [0.05, 0.1) is 6.61 Å². The largest absolute Gasteiger partial charge is 0.478 e. The number of nitrogens with zero attached hydrogens (tertiary/aromatic N) is 1. The highest BCUT2D eigenvalue weighted by Crippen LogP contribution is 2.06. The molecule has 0 saturated carbocycles. The monoisotopic (exact) mass is 165 g/mol. The van der Waals surface area contributed by atoms with Crippen molar-refractivity contribution in [1.82, 2.24) is 4.98 Å². The molecule has 0 bridgehead atoms. The third kappa shape index (κ3) is 1.95. The van der Waals surface area contributed by atoms with E-state index in [9.17, 15) is 0 Å². The highest BCUT2D eigenvalue weighted by molar-refractivity contribution is 5.93. The highest BCUT2D eigenvalue weighted by Gasteiger charge is 1.99. The average molecular weight is 165 g/mol. The minimum atomic E-state index is -0.0449. The van der Waals surface area contributed by atoms with Gasteiger partial charge >= 0.3 is 0 Å². The van der Waals surface area contributed by atoms with Gasteiger partial charge in [-0.25, -0.2) is 4.98 Å². The standard InChI is InChI=1S/C8H11N3O/c1-2-12-7-5-3-4-6(11-7)8(9)10/h3-5H,2H2,1H3,(H3,9,10). The van der Waals surface area contributed by atoms with Crippen LogP contribution in [0.1, 0.15) is 12.6 Å². The van der Waals surface area contributed by atoms with Crippen LogP contribution in [0.5, 0.6) is 5.88 Å². The average Bonchev–Trinajstić information content (AvgIpc) is 2.05. The minimum absolute atomic E-state index is 0.0449. The summed E-state index contributed by atoms with van der Waals surface area (Å²) in [4.78, 5) is 3.99. The van der Waals surface area contributed by atoms with Crippen molar-refractivity contribution in [2.24, 2.45) is 5.73 Å². The van der Waals surface area contributed by atoms with Gasteiger partial charge in [0.25, 0.3) is 0 Å². The van der Waals surface area contributed by atoms with E-state index < -0.39 is 0 Å². The van der Waals surface area contributed by atoms with Gasteiger partial charge in [0, 0.05) is 6.07 Å². The maximum atomic E-state index is 7.12. The van der Waals surface area contributed by atoms with E-state index in [0.29, 0.717) is 18.2 Å². The molecule has 1 aromatic rings. The molecule has 1 rings (SSSR count). The molecular weight excluding hydrogens is 154 g/mol. The molecule has 0 radical (unpaired) electrons. The second-order valence-corrected chi connectivity index (χ2v) is 2.21. The maximum Gasteiger partial charge on any atom is 0.213 e. The van der Waals surface area contributed by atoms with Gasteiger partial charge in [-0.1, -0.05) is 6.07 Å². The lowest BCUT2D eigenvalue weighted by molar-refractivity contribution is 0.326. The Balaban J connectivity index is 2.88. The number of nitrogens with one attached hydrogen (secondary N) is 1. The summed E-state index contributed by atoms with van der Waals surface area (Å²) in [5, 5.41) is 7.12. The number of hydrogen-bond acceptors (Lipinski definition) is 3. The van der Waals surface area contributed by atoms with Crippen LogP contribution in [-0.4, -0.2) is 17.4 Å². The number of ether oxygens (including phenoxy) is 1. The second kappa shape index (κ2) is 3.71. The maximum absolute atomic E-state index is 7.12. The van der Waals surface area contributed by atoms with Crippen molar-refractivity contribution in [2.45, 2.75) is 6.92 Å². The van der Waals surface area contributed by atoms with Crippen molar-refractivity contribution in [1.29, 1.82) is 5.41 Å². The summed E-state index contributed by atoms with van der Waals surface area (Å²) in [5.41, 5.74) is 5.69. The van der Waals surface area contributed by atoms with Gasteiger partial charge in [-0.05, 0) is 13.0 Å². The van der Waals surface area contributed by atoms with Gasteiger partial charge in [0.15, 0.2) is 0 Å². The third-order valence-corrected chi connectivity index (χ3v) is 1.29. The number of rotatable bonds is 3. The molecule has 1 heterocycles. The molecule has 0 amide bonds. The molecule has 4 heteroatoms. The molecule has 1 aromatic heterocycles. The summed E-state index contributed by atoms with van der Waals surface area (Å²) in [5.74, 6) is 0.460. The van der Waals surface area contributed by atoms with Gasteiger partial charge in [0.2, 0.25) is 5.88 Å². The first-order valence-electron chi connectivity index (χ1n) is 3.68. The molecule has 0 atom stereocenters. The molecule has 0 aliphatic heterocycles. The number of aromatic nitrogens is 1. The van der Waals surface area contributed by atoms with Crippen molar-refractivity contribution < 1.29 is 4.74 Å². The normalized spacial score (nSPS) is 9.42. The lowest BCUT2D eigenvalue weighted by Crippen LogP contribution is -2.13. The van der Waals surface area contributed by atoms with Crippen molar-refractivity contribution in [3.63, 3.8) is 0 Å². The summed E-state index contributed by atoms with van der Waals surface area (Å²) in [6.45, 7) is 2.44. The lowest BCUT2D eigenvalue weighted by Gasteiger charge is -2.02. The van der Waals surface area contributed by atoms with E-state index in [1.807, 2.05) is 6.92 Å². The minimum Gasteiger partial charge on any atom is -0.478 e. The molecule has 4 nitrogen and oxygen atoms in total. The van der Waals surface area contributed by atoms with Gasteiger partial charge < -0.3 is 10.5 Å². The summed E-state index contributed by atoms with van der Waals surface area (Å²) in [6.07, 6.45) is 0. The fraction of sp³-hybridized carbons (Fsp3) is 0.250. The molecule has 0 fully saturated rings. The Kier molecular flexibility index (Phi) is 2.63. The van der Waals surface area contributed by atoms with Crippen molar-refractivity contribution >= 4 is 5.84 Å². The Bertz CT molecular complexity index is 285. The Morgan fingerprint density at radius 3 is 3.00 bits per heavy atom. The zero-order valence-electron chi connectivity index (χ0n) is 6.87. The molecule has 0 aromatic carbocycles. The van der Waals surface area contributed by atoms with Crippen LogP contribution in [-0.2, 0) is 0 Å². The van der Waals surface area contributed by atoms with E-state index in [1.165, 1.54) is 0 Å². The number of amidine groups is 1. The van der Waals surface area contributed by atoms with Crippen LogP contribution in [0, 0.1) is 5.41 Å². The Morgan fingerprint density at radius 2 is 2.42 bits per heavy atom. The molecule has 0 aliphatic rings. The fourth-order valence-corrected chi connectivity index (χ4v) is 0.793. The van der Waals surface area contributed by atoms with E-state index in [1.54, 1.807) is 18.2 Å². The first-order chi connectivity index (χ1) is 5.74. The van der Waals surface area contributed by atoms with Crippen molar-refractivity contribution in [3.05, 3.63) is 23.9 Å². The zero-order valence-corrected chi connectivity index (χ0v) is 6.87. The van der Waals surface area contributed by atoms with Crippen LogP contribution >= 0.6 is 0 Å². The van der Waals surface area contributed by atoms with Crippen LogP contribution in [0.4, 0.5) is 0 Å². The Labute approximate surface area is 70.9 Å². The molecule has 0 saturated heterocycles. The summed E-state index contributed by atoms with van der Waals surface area (Å²) < 4.78 is 5.13. The van der Waals surface area contributed by atoms with Crippen molar-refractivity contribution in [2.75, 3.05) is 6.61 Å². The van der Waals surface area contributed by atoms with Gasteiger partial charge in [-0.15, -0.1) is 0 Å². The van der Waals surface area contributed by atoms with Crippen LogP contribution in [0.3, 0.4) is 0 Å². The molecule has 0 spiro atoms. The Morgan fingerprint density at radius 1 is 1.67 bits per heavy atom. The predicted molar refractivity (Wildman–Crippen MR) is 46.4 cm³/mol. The molecule has 12 heavy (non-hydrogen) atoms. The van der Waals surface area contributed by atoms with Crippen LogP contribution in [0.25, 0.3) is 0 Å². The summed E-state index contributed by atoms with van der Waals surface area (Å²) in [6, 6.07) is 5.16. The van der Waals surface area contributed by atoms with E-state index in [0.717, 1.165) is 0 Å². The van der Waals surface area contributed by atoms with Gasteiger partial charge in [-0.2, -0.15) is 0 Å². The molecule has 0 aliphatic carbocycles. The first kappa shape index (κ1) is 8.52. The van der Waals surface area contributed by atoms with E-state index in [4.69, 9.17) is 15.9 Å². The Hall–Kier alpha value is -1.58. The van der Waals surface area contributed by atoms with Gasteiger partial charge in [-0.3, -0.25) is 5.41 Å². The number of nitrogens with two attached hydrogens (primary N) is 1. The van der Waals surface area contributed by atoms with Crippen LogP contribution in [0.2, 0.25) is 0 Å². The third-order valence-electron chi connectivity index (χ3n) is 1.29. The molecule has 0 unspecified atom stereocenters. The zero-order chi connectivity index (χ0) is 8.97. The fourth-order valence-electron chi connectivity index (χ4n) is 0.793. The van der Waals surface area contributed by atoms with E-state index in [-0.39, 0.29) is 5.84 Å². The first-order valence-corrected chi connectivity index (χ1v) is 3.68. The highest BCUT2D eigenvalue weighted by atomic mass is 16.5. The van der Waals surface area contributed by atoms with E-state index in [2.05, 4.69) is 4.98 Å². The smallest absolute Gasteiger partial charge is 0.213 e. The van der Waals surface area contributed by atoms with Crippen LogP contribution < -0.4 is 10.5 Å². The number of pyridine rings is 1.